The quantitative estimate of drug-likeness (QED) is 0.836. The average molecular weight is 243 g/mol. The summed E-state index contributed by atoms with van der Waals surface area (Å²) in [5, 5.41) is 9.58. The molecule has 0 saturated carbocycles. The van der Waals surface area contributed by atoms with Gasteiger partial charge in [-0.2, -0.15) is 0 Å². The summed E-state index contributed by atoms with van der Waals surface area (Å²) in [6.45, 7) is 1.17. The standard InChI is InChI=1S/C12H15F2NO2/c13-8-5-9(14)11(10(16)6-8)12(15)7-1-3-17-4-2-7/h5-7,12,16H,1-4,15H2/t12-/m0/s1. The largest absolute Gasteiger partial charge is 0.507 e. The van der Waals surface area contributed by atoms with Gasteiger partial charge in [-0.3, -0.25) is 0 Å². The molecular weight excluding hydrogens is 228 g/mol. The van der Waals surface area contributed by atoms with E-state index in [1.54, 1.807) is 0 Å². The van der Waals surface area contributed by atoms with Crippen LogP contribution >= 0.6 is 0 Å². The number of hydrogen-bond acceptors (Lipinski definition) is 3. The van der Waals surface area contributed by atoms with E-state index in [2.05, 4.69) is 0 Å². The summed E-state index contributed by atoms with van der Waals surface area (Å²) in [6.07, 6.45) is 1.44. The molecule has 17 heavy (non-hydrogen) atoms. The van der Waals surface area contributed by atoms with Crippen molar-refractivity contribution in [1.82, 2.24) is 0 Å². The topological polar surface area (TPSA) is 55.5 Å². The lowest BCUT2D eigenvalue weighted by molar-refractivity contribution is 0.0577. The van der Waals surface area contributed by atoms with Gasteiger partial charge in [0.25, 0.3) is 0 Å². The summed E-state index contributed by atoms with van der Waals surface area (Å²) in [6, 6.07) is 1.01. The Kier molecular flexibility index (Phi) is 3.59. The molecule has 1 aromatic rings. The molecule has 0 spiro atoms. The highest BCUT2D eigenvalue weighted by Gasteiger charge is 2.27. The molecule has 0 radical (unpaired) electrons. The zero-order valence-corrected chi connectivity index (χ0v) is 9.33. The van der Waals surface area contributed by atoms with Gasteiger partial charge in [0, 0.05) is 37.0 Å². The number of aromatic hydroxyl groups is 1. The van der Waals surface area contributed by atoms with E-state index in [0.29, 0.717) is 13.2 Å². The van der Waals surface area contributed by atoms with Gasteiger partial charge in [0.15, 0.2) is 0 Å². The lowest BCUT2D eigenvalue weighted by Crippen LogP contribution is -2.28. The summed E-state index contributed by atoms with van der Waals surface area (Å²) in [5.74, 6) is -1.96. The van der Waals surface area contributed by atoms with Crippen molar-refractivity contribution in [2.75, 3.05) is 13.2 Å². The van der Waals surface area contributed by atoms with Crippen LogP contribution in [0.1, 0.15) is 24.4 Å². The first kappa shape index (κ1) is 12.3. The van der Waals surface area contributed by atoms with Crippen LogP contribution in [-0.4, -0.2) is 18.3 Å². The van der Waals surface area contributed by atoms with Crippen molar-refractivity contribution in [2.24, 2.45) is 11.7 Å². The third-order valence-electron chi connectivity index (χ3n) is 3.18. The molecule has 1 fully saturated rings. The number of rotatable bonds is 2. The van der Waals surface area contributed by atoms with Crippen LogP contribution in [-0.2, 0) is 4.74 Å². The number of phenols is 1. The van der Waals surface area contributed by atoms with Crippen LogP contribution < -0.4 is 5.73 Å². The fraction of sp³-hybridized carbons (Fsp3) is 0.500. The maximum Gasteiger partial charge on any atom is 0.134 e. The first-order valence-corrected chi connectivity index (χ1v) is 5.61. The van der Waals surface area contributed by atoms with Crippen LogP contribution in [0.5, 0.6) is 5.75 Å². The van der Waals surface area contributed by atoms with Crippen molar-refractivity contribution in [1.29, 1.82) is 0 Å². The van der Waals surface area contributed by atoms with E-state index in [1.165, 1.54) is 0 Å². The zero-order valence-electron chi connectivity index (χ0n) is 9.33. The minimum atomic E-state index is -0.803. The molecule has 94 valence electrons. The van der Waals surface area contributed by atoms with E-state index in [9.17, 15) is 13.9 Å². The maximum atomic E-state index is 13.6. The smallest absolute Gasteiger partial charge is 0.134 e. The van der Waals surface area contributed by atoms with E-state index in [1.807, 2.05) is 0 Å². The number of hydrogen-bond donors (Lipinski definition) is 2. The predicted molar refractivity (Wildman–Crippen MR) is 58.5 cm³/mol. The Bertz CT molecular complexity index is 382. The number of ether oxygens (including phenoxy) is 1. The Hall–Kier alpha value is -1.20. The van der Waals surface area contributed by atoms with Gasteiger partial charge in [0.1, 0.15) is 17.4 Å². The van der Waals surface area contributed by atoms with Crippen LogP contribution in [0.25, 0.3) is 0 Å². The lowest BCUT2D eigenvalue weighted by atomic mass is 9.87. The summed E-state index contributed by atoms with van der Waals surface area (Å²) >= 11 is 0. The van der Waals surface area contributed by atoms with E-state index in [0.717, 1.165) is 25.0 Å². The fourth-order valence-electron chi connectivity index (χ4n) is 2.21. The first-order valence-electron chi connectivity index (χ1n) is 5.61. The Morgan fingerprint density at radius 3 is 2.53 bits per heavy atom. The molecule has 1 heterocycles. The van der Waals surface area contributed by atoms with Crippen LogP contribution in [0.2, 0.25) is 0 Å². The van der Waals surface area contributed by atoms with Crippen LogP contribution in [0.4, 0.5) is 8.78 Å². The van der Waals surface area contributed by atoms with E-state index in [-0.39, 0.29) is 11.5 Å². The highest BCUT2D eigenvalue weighted by atomic mass is 19.1. The van der Waals surface area contributed by atoms with Crippen LogP contribution in [0.15, 0.2) is 12.1 Å². The second-order valence-corrected chi connectivity index (χ2v) is 4.30. The van der Waals surface area contributed by atoms with Crippen molar-refractivity contribution in [3.63, 3.8) is 0 Å². The molecule has 1 aliphatic heterocycles. The van der Waals surface area contributed by atoms with Crippen LogP contribution in [0.3, 0.4) is 0 Å². The third-order valence-corrected chi connectivity index (χ3v) is 3.18. The van der Waals surface area contributed by atoms with Crippen LogP contribution in [0, 0.1) is 17.6 Å². The van der Waals surface area contributed by atoms with Crippen molar-refractivity contribution >= 4 is 0 Å². The second kappa shape index (κ2) is 4.98. The molecule has 0 bridgehead atoms. The number of benzene rings is 1. The van der Waals surface area contributed by atoms with Gasteiger partial charge in [-0.15, -0.1) is 0 Å². The normalized spacial score (nSPS) is 19.2. The van der Waals surface area contributed by atoms with Gasteiger partial charge in [0.2, 0.25) is 0 Å². The molecule has 1 aliphatic rings. The molecule has 0 unspecified atom stereocenters. The van der Waals surface area contributed by atoms with Gasteiger partial charge in [-0.25, -0.2) is 8.78 Å². The molecule has 1 aromatic carbocycles. The number of halogens is 2. The van der Waals surface area contributed by atoms with E-state index < -0.39 is 23.4 Å². The molecule has 3 N–H and O–H groups in total. The Morgan fingerprint density at radius 2 is 1.94 bits per heavy atom. The Morgan fingerprint density at radius 1 is 1.29 bits per heavy atom. The molecule has 1 atom stereocenters. The zero-order chi connectivity index (χ0) is 12.4. The van der Waals surface area contributed by atoms with Gasteiger partial charge >= 0.3 is 0 Å². The van der Waals surface area contributed by atoms with Gasteiger partial charge in [0.05, 0.1) is 0 Å². The highest BCUT2D eigenvalue weighted by molar-refractivity contribution is 5.36. The van der Waals surface area contributed by atoms with Gasteiger partial charge < -0.3 is 15.6 Å². The van der Waals surface area contributed by atoms with Crippen molar-refractivity contribution < 1.29 is 18.6 Å². The number of nitrogens with two attached hydrogens (primary N) is 1. The highest BCUT2D eigenvalue weighted by Crippen LogP contribution is 2.34. The first-order chi connectivity index (χ1) is 8.09. The summed E-state index contributed by atoms with van der Waals surface area (Å²) < 4.78 is 31.7. The predicted octanol–water partition coefficient (Wildman–Crippen LogP) is 2.10. The number of phenolic OH excluding ortho intramolecular Hbond substituents is 1. The summed E-state index contributed by atoms with van der Waals surface area (Å²) in [4.78, 5) is 0. The minimum Gasteiger partial charge on any atom is -0.507 e. The Labute approximate surface area is 98.2 Å². The average Bonchev–Trinajstić information content (AvgIpc) is 2.28. The minimum absolute atomic E-state index is 0.00157. The molecule has 0 amide bonds. The van der Waals surface area contributed by atoms with Crippen molar-refractivity contribution in [3.05, 3.63) is 29.3 Å². The molecule has 5 heteroatoms. The van der Waals surface area contributed by atoms with Gasteiger partial charge in [-0.1, -0.05) is 0 Å². The third kappa shape index (κ3) is 2.56. The van der Waals surface area contributed by atoms with Crippen molar-refractivity contribution in [2.45, 2.75) is 18.9 Å². The second-order valence-electron chi connectivity index (χ2n) is 4.30. The van der Waals surface area contributed by atoms with E-state index in [4.69, 9.17) is 10.5 Å². The molecule has 3 nitrogen and oxygen atoms in total. The molecule has 0 aromatic heterocycles. The van der Waals surface area contributed by atoms with Crippen molar-refractivity contribution in [3.8, 4) is 5.75 Å². The Balaban J connectivity index is 2.26. The molecule has 2 rings (SSSR count). The maximum absolute atomic E-state index is 13.6. The molecule has 1 saturated heterocycles. The molecule has 0 aliphatic carbocycles. The summed E-state index contributed by atoms with van der Waals surface area (Å²) in [7, 11) is 0. The molecular formula is C12H15F2NO2. The van der Waals surface area contributed by atoms with Gasteiger partial charge in [-0.05, 0) is 18.8 Å². The van der Waals surface area contributed by atoms with E-state index >= 15 is 0 Å². The SMILES string of the molecule is N[C@H](c1c(O)cc(F)cc1F)C1CCOCC1. The fourth-order valence-corrected chi connectivity index (χ4v) is 2.21. The monoisotopic (exact) mass is 243 g/mol. The summed E-state index contributed by atoms with van der Waals surface area (Å²) in [5.41, 5.74) is 5.94. The lowest BCUT2D eigenvalue weighted by Gasteiger charge is -2.28.